The highest BCUT2D eigenvalue weighted by Gasteiger charge is 2.29. The fraction of sp³-hybridized carbons (Fsp3) is 0.429. The molecule has 2 amide bonds. The van der Waals surface area contributed by atoms with Crippen LogP contribution in [0.3, 0.4) is 0 Å². The summed E-state index contributed by atoms with van der Waals surface area (Å²) in [6.45, 7) is 0.528. The number of nitrogens with zero attached hydrogens (tertiary/aromatic N) is 1. The van der Waals surface area contributed by atoms with Gasteiger partial charge in [0.05, 0.1) is 6.42 Å². The standard InChI is InChI=1S/C14H17NO2S/c16-13-10-11-6-2-3-7-12(11)14(17)15(13)8-4-1-5-9-18/h2-3,6-7,18H,1,4-5,8-10H2. The number of hydrogen-bond acceptors (Lipinski definition) is 3. The summed E-state index contributed by atoms with van der Waals surface area (Å²) in [6, 6.07) is 7.35. The number of benzene rings is 1. The van der Waals surface area contributed by atoms with Gasteiger partial charge in [-0.1, -0.05) is 24.6 Å². The first-order valence-corrected chi connectivity index (χ1v) is 6.90. The number of imide groups is 1. The lowest BCUT2D eigenvalue weighted by Gasteiger charge is -2.26. The molecule has 0 saturated heterocycles. The molecule has 1 aromatic carbocycles. The summed E-state index contributed by atoms with van der Waals surface area (Å²) >= 11 is 4.15. The number of amides is 2. The van der Waals surface area contributed by atoms with Gasteiger partial charge in [-0.15, -0.1) is 0 Å². The van der Waals surface area contributed by atoms with Gasteiger partial charge in [-0.2, -0.15) is 12.6 Å². The van der Waals surface area contributed by atoms with Crippen molar-refractivity contribution in [3.05, 3.63) is 35.4 Å². The molecule has 0 atom stereocenters. The molecule has 18 heavy (non-hydrogen) atoms. The predicted molar refractivity (Wildman–Crippen MR) is 73.9 cm³/mol. The van der Waals surface area contributed by atoms with Crippen molar-refractivity contribution < 1.29 is 9.59 Å². The van der Waals surface area contributed by atoms with Crippen LogP contribution >= 0.6 is 12.6 Å². The molecule has 0 aliphatic carbocycles. The van der Waals surface area contributed by atoms with Gasteiger partial charge in [0.25, 0.3) is 5.91 Å². The zero-order valence-corrected chi connectivity index (χ0v) is 11.2. The zero-order chi connectivity index (χ0) is 13.0. The molecule has 0 radical (unpaired) electrons. The second-order valence-electron chi connectivity index (χ2n) is 4.47. The Balaban J connectivity index is 2.05. The molecule has 0 spiro atoms. The third-order valence-corrected chi connectivity index (χ3v) is 3.49. The van der Waals surface area contributed by atoms with Crippen LogP contribution in [0.1, 0.15) is 35.2 Å². The molecule has 0 saturated carbocycles. The Labute approximate surface area is 113 Å². The topological polar surface area (TPSA) is 37.4 Å². The number of carbonyl (C=O) groups excluding carboxylic acids is 2. The van der Waals surface area contributed by atoms with E-state index in [0.717, 1.165) is 30.6 Å². The van der Waals surface area contributed by atoms with Crippen LogP contribution in [0.25, 0.3) is 0 Å². The molecule has 0 bridgehead atoms. The minimum Gasteiger partial charge on any atom is -0.278 e. The van der Waals surface area contributed by atoms with Gasteiger partial charge in [0, 0.05) is 12.1 Å². The molecular formula is C14H17NO2S. The van der Waals surface area contributed by atoms with Gasteiger partial charge in [-0.3, -0.25) is 14.5 Å². The van der Waals surface area contributed by atoms with Crippen LogP contribution in [0, 0.1) is 0 Å². The molecule has 0 unspecified atom stereocenters. The van der Waals surface area contributed by atoms with Crippen LogP contribution in [0.5, 0.6) is 0 Å². The number of rotatable bonds is 5. The number of unbranched alkanes of at least 4 members (excludes halogenated alkanes) is 2. The van der Waals surface area contributed by atoms with Crippen LogP contribution in [-0.2, 0) is 11.2 Å². The SMILES string of the molecule is O=C1Cc2ccccc2C(=O)N1CCCCCS. The van der Waals surface area contributed by atoms with Crippen molar-refractivity contribution in [2.24, 2.45) is 0 Å². The van der Waals surface area contributed by atoms with Crippen LogP contribution in [0.15, 0.2) is 24.3 Å². The molecule has 1 aliphatic rings. The summed E-state index contributed by atoms with van der Waals surface area (Å²) in [6.07, 6.45) is 3.23. The molecule has 96 valence electrons. The van der Waals surface area contributed by atoms with Crippen molar-refractivity contribution in [3.8, 4) is 0 Å². The van der Waals surface area contributed by atoms with Crippen LogP contribution < -0.4 is 0 Å². The maximum absolute atomic E-state index is 12.2. The first-order chi connectivity index (χ1) is 8.74. The number of hydrogen-bond donors (Lipinski definition) is 1. The lowest BCUT2D eigenvalue weighted by Crippen LogP contribution is -2.42. The summed E-state index contributed by atoms with van der Waals surface area (Å²) < 4.78 is 0. The fourth-order valence-electron chi connectivity index (χ4n) is 2.18. The first kappa shape index (κ1) is 13.1. The van der Waals surface area contributed by atoms with Gasteiger partial charge >= 0.3 is 0 Å². The molecule has 4 heteroatoms. The minimum atomic E-state index is -0.146. The van der Waals surface area contributed by atoms with Crippen LogP contribution in [0.4, 0.5) is 0 Å². The second-order valence-corrected chi connectivity index (χ2v) is 4.92. The van der Waals surface area contributed by atoms with E-state index in [2.05, 4.69) is 12.6 Å². The average Bonchev–Trinajstić information content (AvgIpc) is 2.38. The van der Waals surface area contributed by atoms with E-state index >= 15 is 0 Å². The van der Waals surface area contributed by atoms with Crippen molar-refractivity contribution in [1.82, 2.24) is 4.90 Å². The van der Waals surface area contributed by atoms with Gasteiger partial charge < -0.3 is 0 Å². The summed E-state index contributed by atoms with van der Waals surface area (Å²) in [5, 5.41) is 0. The number of fused-ring (bicyclic) bond motifs is 1. The lowest BCUT2D eigenvalue weighted by atomic mass is 9.98. The average molecular weight is 263 g/mol. The van der Waals surface area contributed by atoms with E-state index in [1.54, 1.807) is 6.07 Å². The molecular weight excluding hydrogens is 246 g/mol. The van der Waals surface area contributed by atoms with Crippen molar-refractivity contribution in [3.63, 3.8) is 0 Å². The summed E-state index contributed by atoms with van der Waals surface area (Å²) in [5.74, 6) is 0.627. The summed E-state index contributed by atoms with van der Waals surface area (Å²) in [4.78, 5) is 25.5. The van der Waals surface area contributed by atoms with Crippen molar-refractivity contribution in [1.29, 1.82) is 0 Å². The van der Waals surface area contributed by atoms with Gasteiger partial charge in [0.15, 0.2) is 0 Å². The van der Waals surface area contributed by atoms with Crippen molar-refractivity contribution in [2.75, 3.05) is 12.3 Å². The molecule has 0 fully saturated rings. The van der Waals surface area contributed by atoms with Crippen LogP contribution in [0.2, 0.25) is 0 Å². The highest BCUT2D eigenvalue weighted by molar-refractivity contribution is 7.80. The third-order valence-electron chi connectivity index (χ3n) is 3.18. The smallest absolute Gasteiger partial charge is 0.260 e. The van der Waals surface area contributed by atoms with E-state index in [-0.39, 0.29) is 11.8 Å². The maximum atomic E-state index is 12.2. The molecule has 3 nitrogen and oxygen atoms in total. The summed E-state index contributed by atoms with van der Waals surface area (Å²) in [5.41, 5.74) is 1.52. The Morgan fingerprint density at radius 2 is 1.89 bits per heavy atom. The minimum absolute atomic E-state index is 0.0791. The molecule has 1 aromatic rings. The predicted octanol–water partition coefficient (Wildman–Crippen LogP) is 2.31. The Morgan fingerprint density at radius 3 is 2.67 bits per heavy atom. The van der Waals surface area contributed by atoms with E-state index in [4.69, 9.17) is 0 Å². The van der Waals surface area contributed by atoms with E-state index in [9.17, 15) is 9.59 Å². The Kier molecular flexibility index (Phi) is 4.42. The molecule has 1 heterocycles. The zero-order valence-electron chi connectivity index (χ0n) is 10.3. The Hall–Kier alpha value is -1.29. The number of thiol groups is 1. The second kappa shape index (κ2) is 6.05. The molecule has 0 aromatic heterocycles. The van der Waals surface area contributed by atoms with Gasteiger partial charge in [-0.05, 0) is 30.2 Å². The third kappa shape index (κ3) is 2.75. The van der Waals surface area contributed by atoms with Gasteiger partial charge in [0.2, 0.25) is 5.91 Å². The van der Waals surface area contributed by atoms with E-state index in [1.165, 1.54) is 4.90 Å². The highest BCUT2D eigenvalue weighted by Crippen LogP contribution is 2.20. The van der Waals surface area contributed by atoms with Crippen molar-refractivity contribution >= 4 is 24.4 Å². The van der Waals surface area contributed by atoms with Gasteiger partial charge in [0.1, 0.15) is 0 Å². The van der Waals surface area contributed by atoms with Crippen molar-refractivity contribution in [2.45, 2.75) is 25.7 Å². The van der Waals surface area contributed by atoms with E-state index in [1.807, 2.05) is 18.2 Å². The molecule has 2 rings (SSSR count). The quantitative estimate of drug-likeness (QED) is 0.503. The van der Waals surface area contributed by atoms with Crippen LogP contribution in [-0.4, -0.2) is 29.0 Å². The van der Waals surface area contributed by atoms with Gasteiger partial charge in [-0.25, -0.2) is 0 Å². The highest BCUT2D eigenvalue weighted by atomic mass is 32.1. The van der Waals surface area contributed by atoms with E-state index in [0.29, 0.717) is 18.5 Å². The normalized spacial score (nSPS) is 14.8. The molecule has 0 N–H and O–H groups in total. The molecule has 1 aliphatic heterocycles. The largest absolute Gasteiger partial charge is 0.278 e. The lowest BCUT2D eigenvalue weighted by molar-refractivity contribution is -0.128. The Bertz CT molecular complexity index is 459. The maximum Gasteiger partial charge on any atom is 0.260 e. The monoisotopic (exact) mass is 263 g/mol. The first-order valence-electron chi connectivity index (χ1n) is 6.27. The van der Waals surface area contributed by atoms with E-state index < -0.39 is 0 Å². The fourth-order valence-corrected chi connectivity index (χ4v) is 2.41. The summed E-state index contributed by atoms with van der Waals surface area (Å²) in [7, 11) is 0. The Morgan fingerprint density at radius 1 is 1.11 bits per heavy atom. The number of carbonyl (C=O) groups is 2.